The predicted octanol–water partition coefficient (Wildman–Crippen LogP) is 3.37. The Morgan fingerprint density at radius 3 is 1.30 bits per heavy atom. The zero-order valence-electron chi connectivity index (χ0n) is 13.2. The molecule has 0 fully saturated rings. The normalized spacial score (nSPS) is 9.90. The van der Waals surface area contributed by atoms with Crippen molar-refractivity contribution in [2.45, 2.75) is 53.4 Å². The Bertz CT molecular complexity index is 234. The average Bonchev–Trinajstić information content (AvgIpc) is 2.30. The summed E-state index contributed by atoms with van der Waals surface area (Å²) >= 11 is 9.06. The van der Waals surface area contributed by atoms with Gasteiger partial charge in [-0.25, -0.2) is 0 Å². The number of hydrogen-bond acceptors (Lipinski definition) is 4. The third-order valence-electron chi connectivity index (χ3n) is 2.34. The highest BCUT2D eigenvalue weighted by atomic mass is 32.1. The molecule has 0 aliphatic carbocycles. The molecule has 0 aliphatic heterocycles. The quantitative estimate of drug-likeness (QED) is 0.527. The summed E-state index contributed by atoms with van der Waals surface area (Å²) in [6.07, 6.45) is 4.41. The van der Waals surface area contributed by atoms with Gasteiger partial charge in [0.1, 0.15) is 0 Å². The van der Waals surface area contributed by atoms with Crippen molar-refractivity contribution in [1.82, 2.24) is 0 Å². The fourth-order valence-corrected chi connectivity index (χ4v) is 1.50. The zero-order valence-corrected chi connectivity index (χ0v) is 14.8. The number of hydrogen-bond donors (Lipinski definition) is 2. The minimum atomic E-state index is 0.156. The van der Waals surface area contributed by atoms with Crippen LogP contribution < -0.4 is 11.5 Å². The lowest BCUT2D eigenvalue weighted by molar-refractivity contribution is 0.289. The first kappa shape index (κ1) is 21.7. The number of rotatable bonds is 8. The maximum atomic E-state index is 5.12. The van der Waals surface area contributed by atoms with Crippen molar-refractivity contribution in [3.63, 3.8) is 0 Å². The maximum absolute atomic E-state index is 5.12. The van der Waals surface area contributed by atoms with Gasteiger partial charge in [-0.2, -0.15) is 0 Å². The molecule has 0 amide bonds. The van der Waals surface area contributed by atoms with E-state index in [0.717, 1.165) is 24.7 Å². The van der Waals surface area contributed by atoms with Crippen molar-refractivity contribution in [3.8, 4) is 0 Å². The van der Waals surface area contributed by atoms with Crippen molar-refractivity contribution < 1.29 is 9.47 Å². The topological polar surface area (TPSA) is 70.5 Å². The molecular weight excluding hydrogens is 292 g/mol. The third-order valence-corrected chi connectivity index (χ3v) is 2.58. The molecule has 0 rings (SSSR count). The number of thiocarbonyl (C=S) groups is 2. The highest BCUT2D eigenvalue weighted by Crippen LogP contribution is 2.03. The van der Waals surface area contributed by atoms with Crippen LogP contribution in [-0.2, 0) is 9.47 Å². The zero-order chi connectivity index (χ0) is 16.0. The standard InChI is InChI=1S/2C7H15NOS/c2*1-6(2)4-3-5-9-7(8)10/h2*6H,3-5H2,1-2H3,(H2,8,10). The van der Waals surface area contributed by atoms with Crippen LogP contribution in [0.3, 0.4) is 0 Å². The first-order chi connectivity index (χ1) is 9.25. The predicted molar refractivity (Wildman–Crippen MR) is 93.6 cm³/mol. The van der Waals surface area contributed by atoms with Gasteiger partial charge in [-0.1, -0.05) is 27.7 Å². The molecule has 120 valence electrons. The van der Waals surface area contributed by atoms with Gasteiger partial charge in [0.25, 0.3) is 10.3 Å². The van der Waals surface area contributed by atoms with Crippen LogP contribution in [0.15, 0.2) is 0 Å². The molecule has 0 saturated carbocycles. The first-order valence-corrected chi connectivity index (χ1v) is 7.91. The van der Waals surface area contributed by atoms with Crippen LogP contribution in [0, 0.1) is 11.8 Å². The lowest BCUT2D eigenvalue weighted by atomic mass is 10.1. The Morgan fingerprint density at radius 1 is 0.800 bits per heavy atom. The summed E-state index contributed by atoms with van der Waals surface area (Å²) in [6, 6.07) is 0. The summed E-state index contributed by atoms with van der Waals surface area (Å²) in [5.41, 5.74) is 10.2. The molecule has 0 unspecified atom stereocenters. The molecule has 0 saturated heterocycles. The first-order valence-electron chi connectivity index (χ1n) is 7.10. The van der Waals surface area contributed by atoms with Crippen molar-refractivity contribution in [2.24, 2.45) is 23.3 Å². The lowest BCUT2D eigenvalue weighted by Gasteiger charge is -2.04. The second-order valence-electron chi connectivity index (χ2n) is 5.41. The molecule has 4 nitrogen and oxygen atoms in total. The van der Waals surface area contributed by atoms with Crippen LogP contribution in [0.5, 0.6) is 0 Å². The molecule has 0 aromatic heterocycles. The monoisotopic (exact) mass is 322 g/mol. The van der Waals surface area contributed by atoms with E-state index < -0.39 is 0 Å². The molecule has 6 heteroatoms. The van der Waals surface area contributed by atoms with E-state index in [1.807, 2.05) is 0 Å². The van der Waals surface area contributed by atoms with Gasteiger partial charge in [0, 0.05) is 0 Å². The second kappa shape index (κ2) is 14.8. The summed E-state index contributed by atoms with van der Waals surface area (Å²) in [4.78, 5) is 0. The van der Waals surface area contributed by atoms with Crippen LogP contribution in [0.4, 0.5) is 0 Å². The van der Waals surface area contributed by atoms with Crippen LogP contribution >= 0.6 is 24.4 Å². The van der Waals surface area contributed by atoms with Gasteiger partial charge in [0.15, 0.2) is 0 Å². The van der Waals surface area contributed by atoms with E-state index in [1.165, 1.54) is 12.8 Å². The number of ether oxygens (including phenoxy) is 2. The minimum Gasteiger partial charge on any atom is -0.471 e. The fraction of sp³-hybridized carbons (Fsp3) is 0.857. The van der Waals surface area contributed by atoms with E-state index in [4.69, 9.17) is 20.9 Å². The highest BCUT2D eigenvalue weighted by Gasteiger charge is 1.94. The Labute approximate surface area is 134 Å². The highest BCUT2D eigenvalue weighted by molar-refractivity contribution is 7.80. The molecule has 4 N–H and O–H groups in total. The van der Waals surface area contributed by atoms with E-state index in [0.29, 0.717) is 13.2 Å². The summed E-state index contributed by atoms with van der Waals surface area (Å²) in [5.74, 6) is 1.46. The van der Waals surface area contributed by atoms with Gasteiger partial charge in [0.05, 0.1) is 13.2 Å². The van der Waals surface area contributed by atoms with Crippen molar-refractivity contribution in [3.05, 3.63) is 0 Å². The van der Waals surface area contributed by atoms with E-state index in [9.17, 15) is 0 Å². The SMILES string of the molecule is CC(C)CCCOC(N)=S.CC(C)CCCOC(N)=S. The van der Waals surface area contributed by atoms with Gasteiger partial charge in [-0.15, -0.1) is 0 Å². The van der Waals surface area contributed by atoms with E-state index in [-0.39, 0.29) is 10.3 Å². The Kier molecular flexibility index (Phi) is 16.0. The van der Waals surface area contributed by atoms with Crippen molar-refractivity contribution in [1.29, 1.82) is 0 Å². The summed E-state index contributed by atoms with van der Waals surface area (Å²) in [6.45, 7) is 10.0. The van der Waals surface area contributed by atoms with Gasteiger partial charge >= 0.3 is 0 Å². The van der Waals surface area contributed by atoms with E-state index in [1.54, 1.807) is 0 Å². The second-order valence-corrected chi connectivity index (χ2v) is 6.21. The smallest absolute Gasteiger partial charge is 0.253 e. The molecule has 0 aromatic rings. The number of nitrogens with two attached hydrogens (primary N) is 2. The van der Waals surface area contributed by atoms with Gasteiger partial charge in [-0.3, -0.25) is 0 Å². The van der Waals surface area contributed by atoms with Gasteiger partial charge in [-0.05, 0) is 62.0 Å². The van der Waals surface area contributed by atoms with Crippen LogP contribution in [-0.4, -0.2) is 23.6 Å². The molecule has 0 atom stereocenters. The Hall–Kier alpha value is -0.620. The molecule has 0 heterocycles. The molecule has 0 spiro atoms. The molecule has 20 heavy (non-hydrogen) atoms. The molecule has 0 radical (unpaired) electrons. The summed E-state index contributed by atoms with van der Waals surface area (Å²) in [5, 5.41) is 0.313. The fourth-order valence-electron chi connectivity index (χ4n) is 1.33. The van der Waals surface area contributed by atoms with Crippen LogP contribution in [0.2, 0.25) is 0 Å². The van der Waals surface area contributed by atoms with Crippen molar-refractivity contribution >= 4 is 34.8 Å². The van der Waals surface area contributed by atoms with E-state index in [2.05, 4.69) is 52.1 Å². The van der Waals surface area contributed by atoms with Crippen LogP contribution in [0.1, 0.15) is 53.4 Å². The minimum absolute atomic E-state index is 0.156. The molecule has 0 aromatic carbocycles. The average molecular weight is 323 g/mol. The maximum Gasteiger partial charge on any atom is 0.253 e. The van der Waals surface area contributed by atoms with E-state index >= 15 is 0 Å². The molecular formula is C14H30N2O2S2. The molecule has 0 bridgehead atoms. The van der Waals surface area contributed by atoms with Gasteiger partial charge in [0.2, 0.25) is 0 Å². The Balaban J connectivity index is 0. The van der Waals surface area contributed by atoms with Gasteiger partial charge < -0.3 is 20.9 Å². The third kappa shape index (κ3) is 26.0. The largest absolute Gasteiger partial charge is 0.471 e. The van der Waals surface area contributed by atoms with Crippen LogP contribution in [0.25, 0.3) is 0 Å². The lowest BCUT2D eigenvalue weighted by Crippen LogP contribution is -2.13. The summed E-state index contributed by atoms with van der Waals surface area (Å²) < 4.78 is 9.80. The summed E-state index contributed by atoms with van der Waals surface area (Å²) in [7, 11) is 0. The molecule has 0 aliphatic rings. The Morgan fingerprint density at radius 2 is 1.10 bits per heavy atom. The van der Waals surface area contributed by atoms with Crippen molar-refractivity contribution in [2.75, 3.05) is 13.2 Å².